The van der Waals surface area contributed by atoms with Crippen molar-refractivity contribution < 1.29 is 4.79 Å². The summed E-state index contributed by atoms with van der Waals surface area (Å²) < 4.78 is 2.84. The average molecular weight is 455 g/mol. The maximum absolute atomic E-state index is 12.9. The number of thiazole rings is 1. The lowest BCUT2D eigenvalue weighted by atomic mass is 9.87. The molecular weight excluding hydrogens is 428 g/mol. The molecule has 0 bridgehead atoms. The monoisotopic (exact) mass is 454 g/mol. The number of aryl methyl sites for hydroxylation is 1. The quantitative estimate of drug-likeness (QED) is 0.341. The number of nitrogens with one attached hydrogen (secondary N) is 1. The van der Waals surface area contributed by atoms with Crippen LogP contribution in [0.15, 0.2) is 66.7 Å². The molecule has 0 aliphatic heterocycles. The molecule has 0 aliphatic carbocycles. The summed E-state index contributed by atoms with van der Waals surface area (Å²) in [5, 5.41) is 10.7. The SMILES string of the molecule is Cc1cc(NC(=O)Cc2ccc3ccccc3c2)n(-c2nc3ccc(C(C)(C)C)cc3s2)n1. The molecule has 33 heavy (non-hydrogen) atoms. The van der Waals surface area contributed by atoms with Crippen molar-refractivity contribution in [3.8, 4) is 5.13 Å². The molecule has 2 heterocycles. The van der Waals surface area contributed by atoms with E-state index in [0.717, 1.165) is 32.0 Å². The highest BCUT2D eigenvalue weighted by Gasteiger charge is 2.18. The number of rotatable bonds is 4. The first-order valence-electron chi connectivity index (χ1n) is 11.0. The molecule has 0 fully saturated rings. The van der Waals surface area contributed by atoms with Crippen LogP contribution in [-0.4, -0.2) is 20.7 Å². The predicted octanol–water partition coefficient (Wildman–Crippen LogP) is 6.42. The smallest absolute Gasteiger partial charge is 0.229 e. The molecule has 0 radical (unpaired) electrons. The number of hydrogen-bond acceptors (Lipinski definition) is 4. The minimum atomic E-state index is -0.0810. The molecule has 2 aromatic heterocycles. The highest BCUT2D eigenvalue weighted by molar-refractivity contribution is 7.20. The summed E-state index contributed by atoms with van der Waals surface area (Å²) in [4.78, 5) is 17.6. The van der Waals surface area contributed by atoms with Gasteiger partial charge in [-0.2, -0.15) is 9.78 Å². The zero-order valence-electron chi connectivity index (χ0n) is 19.2. The van der Waals surface area contributed by atoms with Crippen LogP contribution in [0.4, 0.5) is 5.82 Å². The molecule has 5 nitrogen and oxygen atoms in total. The Labute approximate surface area is 197 Å². The second-order valence-electron chi connectivity index (χ2n) is 9.42. The molecule has 0 saturated carbocycles. The third-order valence-electron chi connectivity index (χ3n) is 5.70. The Morgan fingerprint density at radius 1 is 1.00 bits per heavy atom. The summed E-state index contributed by atoms with van der Waals surface area (Å²) in [7, 11) is 0. The van der Waals surface area contributed by atoms with Crippen molar-refractivity contribution in [1.29, 1.82) is 0 Å². The van der Waals surface area contributed by atoms with Crippen molar-refractivity contribution >= 4 is 44.1 Å². The summed E-state index contributed by atoms with van der Waals surface area (Å²) in [5.41, 5.74) is 4.08. The Morgan fingerprint density at radius 2 is 1.79 bits per heavy atom. The van der Waals surface area contributed by atoms with Crippen LogP contribution in [0.1, 0.15) is 37.6 Å². The third-order valence-corrected chi connectivity index (χ3v) is 6.70. The summed E-state index contributed by atoms with van der Waals surface area (Å²) in [5.74, 6) is 0.552. The van der Waals surface area contributed by atoms with Gasteiger partial charge >= 0.3 is 0 Å². The number of hydrogen-bond donors (Lipinski definition) is 1. The Balaban J connectivity index is 1.41. The van der Waals surface area contributed by atoms with Crippen LogP contribution in [0.5, 0.6) is 0 Å². The van der Waals surface area contributed by atoms with E-state index >= 15 is 0 Å². The van der Waals surface area contributed by atoms with Gasteiger partial charge in [-0.25, -0.2) is 4.98 Å². The van der Waals surface area contributed by atoms with Gasteiger partial charge in [-0.15, -0.1) is 0 Å². The van der Waals surface area contributed by atoms with E-state index in [1.54, 1.807) is 16.0 Å². The minimum Gasteiger partial charge on any atom is -0.310 e. The molecule has 0 aliphatic rings. The van der Waals surface area contributed by atoms with Crippen molar-refractivity contribution in [2.75, 3.05) is 5.32 Å². The van der Waals surface area contributed by atoms with Crippen molar-refractivity contribution in [1.82, 2.24) is 14.8 Å². The fourth-order valence-corrected chi connectivity index (χ4v) is 4.90. The van der Waals surface area contributed by atoms with Crippen molar-refractivity contribution in [3.05, 3.63) is 83.6 Å². The Bertz CT molecular complexity index is 1490. The standard InChI is InChI=1S/C27H26N4OS/c1-17-13-24(29-25(32)15-18-9-10-19-7-5-6-8-20(19)14-18)31(30-17)26-28-22-12-11-21(27(2,3)4)16-23(22)33-26/h5-14,16H,15H2,1-4H3,(H,29,32). The Kier molecular flexibility index (Phi) is 5.25. The first-order chi connectivity index (χ1) is 15.8. The lowest BCUT2D eigenvalue weighted by Crippen LogP contribution is -2.17. The maximum Gasteiger partial charge on any atom is 0.229 e. The molecule has 6 heteroatoms. The first kappa shape index (κ1) is 21.3. The van der Waals surface area contributed by atoms with Crippen molar-refractivity contribution in [3.63, 3.8) is 0 Å². The molecule has 0 unspecified atom stereocenters. The number of carbonyl (C=O) groups excluding carboxylic acids is 1. The van der Waals surface area contributed by atoms with Gasteiger partial charge in [0.05, 0.1) is 22.3 Å². The van der Waals surface area contributed by atoms with Crippen molar-refractivity contribution in [2.24, 2.45) is 0 Å². The number of carbonyl (C=O) groups is 1. The summed E-state index contributed by atoms with van der Waals surface area (Å²) >= 11 is 1.58. The molecular formula is C27H26N4OS. The number of benzene rings is 3. The molecule has 0 spiro atoms. The van der Waals surface area contributed by atoms with Crippen LogP contribution < -0.4 is 5.32 Å². The second-order valence-corrected chi connectivity index (χ2v) is 10.4. The number of fused-ring (bicyclic) bond motifs is 2. The highest BCUT2D eigenvalue weighted by atomic mass is 32.1. The van der Waals surface area contributed by atoms with Crippen LogP contribution in [0, 0.1) is 6.92 Å². The molecule has 166 valence electrons. The molecule has 3 aromatic carbocycles. The van der Waals surface area contributed by atoms with E-state index in [1.165, 1.54) is 10.9 Å². The average Bonchev–Trinajstić information content (AvgIpc) is 3.35. The van der Waals surface area contributed by atoms with E-state index in [1.807, 2.05) is 31.2 Å². The van der Waals surface area contributed by atoms with Gasteiger partial charge in [-0.05, 0) is 46.4 Å². The normalized spacial score (nSPS) is 11.9. The molecule has 0 saturated heterocycles. The van der Waals surface area contributed by atoms with Crippen LogP contribution in [0.3, 0.4) is 0 Å². The molecule has 1 N–H and O–H groups in total. The van der Waals surface area contributed by atoms with E-state index < -0.39 is 0 Å². The highest BCUT2D eigenvalue weighted by Crippen LogP contribution is 2.31. The lowest BCUT2D eigenvalue weighted by molar-refractivity contribution is -0.115. The topological polar surface area (TPSA) is 59.8 Å². The Morgan fingerprint density at radius 3 is 2.58 bits per heavy atom. The van der Waals surface area contributed by atoms with Crippen LogP contribution in [0.25, 0.3) is 26.1 Å². The first-order valence-corrected chi connectivity index (χ1v) is 11.8. The minimum absolute atomic E-state index is 0.0720. The lowest BCUT2D eigenvalue weighted by Gasteiger charge is -2.18. The predicted molar refractivity (Wildman–Crippen MR) is 136 cm³/mol. The second kappa shape index (κ2) is 8.12. The zero-order valence-corrected chi connectivity index (χ0v) is 20.0. The number of nitrogens with zero attached hydrogens (tertiary/aromatic N) is 3. The zero-order chi connectivity index (χ0) is 23.2. The van der Waals surface area contributed by atoms with Gasteiger partial charge in [0.1, 0.15) is 5.82 Å². The summed E-state index contributed by atoms with van der Waals surface area (Å²) in [6.45, 7) is 8.53. The third kappa shape index (κ3) is 4.39. The number of anilines is 1. The van der Waals surface area contributed by atoms with E-state index in [9.17, 15) is 4.79 Å². The van der Waals surface area contributed by atoms with Gasteiger partial charge in [0.15, 0.2) is 0 Å². The van der Waals surface area contributed by atoms with E-state index in [-0.39, 0.29) is 11.3 Å². The maximum atomic E-state index is 12.9. The number of amides is 1. The van der Waals surface area contributed by atoms with Crippen LogP contribution in [0.2, 0.25) is 0 Å². The van der Waals surface area contributed by atoms with Gasteiger partial charge in [0, 0.05) is 6.07 Å². The largest absolute Gasteiger partial charge is 0.310 e. The summed E-state index contributed by atoms with van der Waals surface area (Å²) in [6, 6.07) is 22.6. The van der Waals surface area contributed by atoms with Crippen molar-refractivity contribution in [2.45, 2.75) is 39.5 Å². The molecule has 5 rings (SSSR count). The molecule has 1 amide bonds. The van der Waals surface area contributed by atoms with E-state index in [4.69, 9.17) is 4.98 Å². The molecule has 0 atom stereocenters. The van der Waals surface area contributed by atoms with Crippen LogP contribution >= 0.6 is 11.3 Å². The van der Waals surface area contributed by atoms with Gasteiger partial charge in [-0.1, -0.05) is 80.6 Å². The van der Waals surface area contributed by atoms with E-state index in [0.29, 0.717) is 12.2 Å². The van der Waals surface area contributed by atoms with Crippen LogP contribution in [-0.2, 0) is 16.6 Å². The van der Waals surface area contributed by atoms with Gasteiger partial charge in [0.2, 0.25) is 11.0 Å². The van der Waals surface area contributed by atoms with Gasteiger partial charge in [-0.3, -0.25) is 4.79 Å². The van der Waals surface area contributed by atoms with Gasteiger partial charge < -0.3 is 5.32 Å². The fourth-order valence-electron chi connectivity index (χ4n) is 3.93. The van der Waals surface area contributed by atoms with E-state index in [2.05, 4.69) is 73.7 Å². The number of aromatic nitrogens is 3. The molecule has 5 aromatic rings. The van der Waals surface area contributed by atoms with Gasteiger partial charge in [0.25, 0.3) is 0 Å². The summed E-state index contributed by atoms with van der Waals surface area (Å²) in [6.07, 6.45) is 0.295. The Hall–Kier alpha value is -3.51. The fraction of sp³-hybridized carbons (Fsp3) is 0.222.